The lowest BCUT2D eigenvalue weighted by Gasteiger charge is -2.29. The van der Waals surface area contributed by atoms with Crippen LogP contribution in [0.4, 0.5) is 0 Å². The monoisotopic (exact) mass is 298 g/mol. The molecule has 2 atom stereocenters. The van der Waals surface area contributed by atoms with Crippen molar-refractivity contribution in [2.24, 2.45) is 5.92 Å². The molecule has 0 radical (unpaired) electrons. The Morgan fingerprint density at radius 2 is 1.84 bits per heavy atom. The van der Waals surface area contributed by atoms with Crippen LogP contribution < -0.4 is 5.32 Å². The summed E-state index contributed by atoms with van der Waals surface area (Å²) in [5, 5.41) is 4.81. The van der Waals surface area contributed by atoms with Crippen LogP contribution in [0.3, 0.4) is 0 Å². The zero-order chi connectivity index (χ0) is 13.4. The highest BCUT2D eigenvalue weighted by Gasteiger charge is 2.42. The van der Waals surface area contributed by atoms with E-state index in [0.717, 1.165) is 22.6 Å². The van der Waals surface area contributed by atoms with Gasteiger partial charge >= 0.3 is 0 Å². The van der Waals surface area contributed by atoms with Crippen molar-refractivity contribution < 1.29 is 0 Å². The van der Waals surface area contributed by atoms with Crippen molar-refractivity contribution in [3.8, 4) is 0 Å². The van der Waals surface area contributed by atoms with Crippen molar-refractivity contribution in [2.75, 3.05) is 20.1 Å². The zero-order valence-electron chi connectivity index (χ0n) is 11.2. The van der Waals surface area contributed by atoms with Crippen LogP contribution in [0.5, 0.6) is 0 Å². The molecule has 1 saturated heterocycles. The van der Waals surface area contributed by atoms with Gasteiger partial charge in [0, 0.05) is 22.1 Å². The van der Waals surface area contributed by atoms with Gasteiger partial charge in [0.15, 0.2) is 0 Å². The van der Waals surface area contributed by atoms with Crippen molar-refractivity contribution in [3.05, 3.63) is 33.8 Å². The molecule has 0 aromatic heterocycles. The van der Waals surface area contributed by atoms with Gasteiger partial charge in [-0.25, -0.2) is 0 Å². The van der Waals surface area contributed by atoms with E-state index < -0.39 is 0 Å². The van der Waals surface area contributed by atoms with E-state index >= 15 is 0 Å². The summed E-state index contributed by atoms with van der Waals surface area (Å²) in [5.41, 5.74) is 1.28. The molecule has 0 amide bonds. The van der Waals surface area contributed by atoms with Crippen LogP contribution in [0.1, 0.15) is 30.9 Å². The van der Waals surface area contributed by atoms with E-state index in [1.807, 2.05) is 13.1 Å². The predicted octanol–water partition coefficient (Wildman–Crippen LogP) is 3.74. The minimum Gasteiger partial charge on any atom is -0.319 e. The first-order chi connectivity index (χ1) is 9.19. The molecular weight excluding hydrogens is 279 g/mol. The number of nitrogens with one attached hydrogen (secondary N) is 1. The minimum atomic E-state index is 0.469. The molecule has 2 aliphatic rings. The van der Waals surface area contributed by atoms with Crippen LogP contribution in [0.15, 0.2) is 18.2 Å². The largest absolute Gasteiger partial charge is 0.319 e. The van der Waals surface area contributed by atoms with Gasteiger partial charge in [0.25, 0.3) is 0 Å². The minimum absolute atomic E-state index is 0.469. The quantitative estimate of drug-likeness (QED) is 0.911. The zero-order valence-corrected chi connectivity index (χ0v) is 12.7. The SMILES string of the molecule is CNCC1CCN(C2CC2)C1c1cc(Cl)cc(Cl)c1. The van der Waals surface area contributed by atoms with Crippen molar-refractivity contribution >= 4 is 23.2 Å². The summed E-state index contributed by atoms with van der Waals surface area (Å²) >= 11 is 12.4. The lowest BCUT2D eigenvalue weighted by Crippen LogP contribution is -2.30. The lowest BCUT2D eigenvalue weighted by molar-refractivity contribution is 0.217. The average Bonchev–Trinajstić information content (AvgIpc) is 3.10. The van der Waals surface area contributed by atoms with E-state index in [2.05, 4.69) is 22.3 Å². The van der Waals surface area contributed by atoms with E-state index in [0.29, 0.717) is 12.0 Å². The molecule has 1 aromatic rings. The molecular formula is C15H20Cl2N2. The van der Waals surface area contributed by atoms with Gasteiger partial charge in [-0.3, -0.25) is 4.90 Å². The Balaban J connectivity index is 1.91. The maximum absolute atomic E-state index is 6.18. The fourth-order valence-electron chi connectivity index (χ4n) is 3.38. The molecule has 0 spiro atoms. The highest BCUT2D eigenvalue weighted by molar-refractivity contribution is 6.34. The molecule has 1 aliphatic carbocycles. The molecule has 2 fully saturated rings. The highest BCUT2D eigenvalue weighted by Crippen LogP contribution is 2.44. The number of likely N-dealkylation sites (tertiary alicyclic amines) is 1. The maximum Gasteiger partial charge on any atom is 0.0424 e. The number of rotatable bonds is 4. The van der Waals surface area contributed by atoms with Crippen molar-refractivity contribution in [2.45, 2.75) is 31.3 Å². The van der Waals surface area contributed by atoms with E-state index in [1.165, 1.54) is 31.4 Å². The molecule has 4 heteroatoms. The third-order valence-corrected chi connectivity index (χ3v) is 4.71. The molecule has 2 nitrogen and oxygen atoms in total. The second-order valence-electron chi connectivity index (χ2n) is 5.72. The van der Waals surface area contributed by atoms with Crippen LogP contribution in [0, 0.1) is 5.92 Å². The second kappa shape index (κ2) is 5.61. The van der Waals surface area contributed by atoms with E-state index in [1.54, 1.807) is 0 Å². The molecule has 19 heavy (non-hydrogen) atoms. The van der Waals surface area contributed by atoms with Crippen molar-refractivity contribution in [3.63, 3.8) is 0 Å². The molecule has 1 saturated carbocycles. The van der Waals surface area contributed by atoms with Gasteiger partial charge < -0.3 is 5.32 Å². The summed E-state index contributed by atoms with van der Waals surface area (Å²) in [6.07, 6.45) is 3.94. The van der Waals surface area contributed by atoms with Crippen molar-refractivity contribution in [1.29, 1.82) is 0 Å². The molecule has 2 unspecified atom stereocenters. The summed E-state index contributed by atoms with van der Waals surface area (Å²) in [7, 11) is 2.03. The molecule has 0 bridgehead atoms. The standard InChI is InChI=1S/C15H20Cl2N2/c1-18-9-10-4-5-19(14-2-3-14)15(10)11-6-12(16)8-13(17)7-11/h6-8,10,14-15,18H,2-5,9H2,1H3. The van der Waals surface area contributed by atoms with E-state index in [-0.39, 0.29) is 0 Å². The normalized spacial score (nSPS) is 27.9. The van der Waals surface area contributed by atoms with Gasteiger partial charge in [-0.15, -0.1) is 0 Å². The van der Waals surface area contributed by atoms with Gasteiger partial charge in [-0.2, -0.15) is 0 Å². The third kappa shape index (κ3) is 2.92. The van der Waals surface area contributed by atoms with Gasteiger partial charge in [0.05, 0.1) is 0 Å². The average molecular weight is 299 g/mol. The van der Waals surface area contributed by atoms with Gasteiger partial charge in [-0.1, -0.05) is 23.2 Å². The highest BCUT2D eigenvalue weighted by atomic mass is 35.5. The Bertz CT molecular complexity index is 439. The fourth-order valence-corrected chi connectivity index (χ4v) is 3.93. The van der Waals surface area contributed by atoms with E-state index in [9.17, 15) is 0 Å². The lowest BCUT2D eigenvalue weighted by atomic mass is 9.93. The van der Waals surface area contributed by atoms with Gasteiger partial charge in [0.1, 0.15) is 0 Å². The number of nitrogens with zero attached hydrogens (tertiary/aromatic N) is 1. The Hall–Kier alpha value is -0.280. The third-order valence-electron chi connectivity index (χ3n) is 4.27. The Kier molecular flexibility index (Phi) is 4.04. The van der Waals surface area contributed by atoms with Crippen LogP contribution in [0.25, 0.3) is 0 Å². The molecule has 1 aromatic carbocycles. The van der Waals surface area contributed by atoms with Crippen LogP contribution in [0.2, 0.25) is 10.0 Å². The molecule has 1 aliphatic heterocycles. The topological polar surface area (TPSA) is 15.3 Å². The fraction of sp³-hybridized carbons (Fsp3) is 0.600. The van der Waals surface area contributed by atoms with Gasteiger partial charge in [0.2, 0.25) is 0 Å². The van der Waals surface area contributed by atoms with Crippen LogP contribution in [-0.2, 0) is 0 Å². The molecule has 3 rings (SSSR count). The Morgan fingerprint density at radius 1 is 1.16 bits per heavy atom. The Labute approximate surface area is 125 Å². The molecule has 1 heterocycles. The summed E-state index contributed by atoms with van der Waals surface area (Å²) in [5.74, 6) is 0.653. The van der Waals surface area contributed by atoms with Gasteiger partial charge in [-0.05, 0) is 69.1 Å². The summed E-state index contributed by atoms with van der Waals surface area (Å²) in [6.45, 7) is 2.25. The first-order valence-corrected chi connectivity index (χ1v) is 7.81. The predicted molar refractivity (Wildman–Crippen MR) is 81.0 cm³/mol. The first-order valence-electron chi connectivity index (χ1n) is 7.05. The van der Waals surface area contributed by atoms with Crippen molar-refractivity contribution in [1.82, 2.24) is 10.2 Å². The molecule has 104 valence electrons. The number of hydrogen-bond acceptors (Lipinski definition) is 2. The molecule has 1 N–H and O–H groups in total. The van der Waals surface area contributed by atoms with E-state index in [4.69, 9.17) is 23.2 Å². The second-order valence-corrected chi connectivity index (χ2v) is 6.60. The summed E-state index contributed by atoms with van der Waals surface area (Å²) in [4.78, 5) is 2.66. The van der Waals surface area contributed by atoms with Crippen LogP contribution >= 0.6 is 23.2 Å². The number of hydrogen-bond donors (Lipinski definition) is 1. The first kappa shape index (κ1) is 13.7. The summed E-state index contributed by atoms with van der Waals surface area (Å²) < 4.78 is 0. The Morgan fingerprint density at radius 3 is 2.42 bits per heavy atom. The maximum atomic E-state index is 6.18. The summed E-state index contributed by atoms with van der Waals surface area (Å²) in [6, 6.07) is 7.24. The number of benzene rings is 1. The van der Waals surface area contributed by atoms with Crippen LogP contribution in [-0.4, -0.2) is 31.1 Å². The smallest absolute Gasteiger partial charge is 0.0424 e. The number of halogens is 2.